The number of benzene rings is 3. The molecule has 0 heterocycles. The zero-order valence-corrected chi connectivity index (χ0v) is 20.6. The Morgan fingerprint density at radius 3 is 2.56 bits per heavy atom. The first kappa shape index (κ1) is 23.7. The maximum atomic E-state index is 13.2. The minimum absolute atomic E-state index is 0.0671. The molecule has 0 aliphatic heterocycles. The summed E-state index contributed by atoms with van der Waals surface area (Å²) in [6.45, 7) is 4.06. The first-order chi connectivity index (χ1) is 15.3. The van der Waals surface area contributed by atoms with Gasteiger partial charge in [0.25, 0.3) is 5.91 Å². The molecule has 3 aromatic rings. The van der Waals surface area contributed by atoms with Crippen molar-refractivity contribution in [2.24, 2.45) is 0 Å². The number of ether oxygens (including phenoxy) is 1. The third kappa shape index (κ3) is 5.84. The van der Waals surface area contributed by atoms with E-state index in [1.807, 2.05) is 32.0 Å². The Balaban J connectivity index is 1.90. The van der Waals surface area contributed by atoms with E-state index in [-0.39, 0.29) is 18.0 Å². The van der Waals surface area contributed by atoms with Crippen molar-refractivity contribution in [3.05, 3.63) is 97.2 Å². The van der Waals surface area contributed by atoms with Gasteiger partial charge in [0.2, 0.25) is 0 Å². The second kappa shape index (κ2) is 10.6. The monoisotopic (exact) mass is 556 g/mol. The van der Waals surface area contributed by atoms with Crippen molar-refractivity contribution in [1.82, 2.24) is 0 Å². The van der Waals surface area contributed by atoms with E-state index in [0.29, 0.717) is 21.5 Å². The van der Waals surface area contributed by atoms with E-state index < -0.39 is 5.91 Å². The van der Waals surface area contributed by atoms with Gasteiger partial charge >= 0.3 is 0 Å². The second-order valence-corrected chi connectivity index (χ2v) is 8.86. The zero-order valence-electron chi connectivity index (χ0n) is 17.4. The molecule has 0 fully saturated rings. The fraction of sp³-hybridized carbons (Fsp3) is 0.120. The van der Waals surface area contributed by atoms with Gasteiger partial charge in [0.05, 0.1) is 4.47 Å². The summed E-state index contributed by atoms with van der Waals surface area (Å²) in [5.74, 6) is -0.373. The maximum Gasteiger partial charge on any atom is 0.266 e. The van der Waals surface area contributed by atoms with E-state index in [1.54, 1.807) is 30.3 Å². The molecule has 0 bridgehead atoms. The van der Waals surface area contributed by atoms with Gasteiger partial charge < -0.3 is 10.1 Å². The highest BCUT2D eigenvalue weighted by molar-refractivity contribution is 9.11. The van der Waals surface area contributed by atoms with E-state index in [4.69, 9.17) is 4.74 Å². The van der Waals surface area contributed by atoms with Crippen molar-refractivity contribution in [3.8, 4) is 11.8 Å². The largest absolute Gasteiger partial charge is 0.487 e. The van der Waals surface area contributed by atoms with Crippen molar-refractivity contribution in [2.75, 3.05) is 5.32 Å². The van der Waals surface area contributed by atoms with Gasteiger partial charge in [-0.1, -0.05) is 40.2 Å². The topological polar surface area (TPSA) is 62.1 Å². The molecule has 0 aromatic heterocycles. The van der Waals surface area contributed by atoms with Crippen molar-refractivity contribution >= 4 is 49.5 Å². The van der Waals surface area contributed by atoms with Crippen LogP contribution >= 0.6 is 31.9 Å². The fourth-order valence-corrected chi connectivity index (χ4v) is 4.33. The van der Waals surface area contributed by atoms with Crippen LogP contribution in [0.25, 0.3) is 6.08 Å². The van der Waals surface area contributed by atoms with Crippen LogP contribution in [0.3, 0.4) is 0 Å². The van der Waals surface area contributed by atoms with Crippen molar-refractivity contribution in [1.29, 1.82) is 5.26 Å². The quantitative estimate of drug-likeness (QED) is 0.260. The van der Waals surface area contributed by atoms with Crippen molar-refractivity contribution < 1.29 is 13.9 Å². The lowest BCUT2D eigenvalue weighted by Gasteiger charge is -2.13. The smallest absolute Gasteiger partial charge is 0.266 e. The summed E-state index contributed by atoms with van der Waals surface area (Å²) in [7, 11) is 0. The number of nitrogens with one attached hydrogen (secondary N) is 1. The SMILES string of the molecule is Cc1cccc(NC(=O)/C(C#N)=C/c2cc(Br)cc(Br)c2OCc2ccc(F)cc2)c1C. The Labute approximate surface area is 203 Å². The van der Waals surface area contributed by atoms with Gasteiger partial charge in [-0.2, -0.15) is 5.26 Å². The number of hydrogen-bond acceptors (Lipinski definition) is 3. The minimum atomic E-state index is -0.512. The van der Waals surface area contributed by atoms with Gasteiger partial charge in [0.1, 0.15) is 29.8 Å². The molecule has 0 spiro atoms. The molecule has 1 N–H and O–H groups in total. The summed E-state index contributed by atoms with van der Waals surface area (Å²) in [6, 6.07) is 17.1. The van der Waals surface area contributed by atoms with Crippen LogP contribution in [0.2, 0.25) is 0 Å². The van der Waals surface area contributed by atoms with Crippen LogP contribution in [-0.4, -0.2) is 5.91 Å². The average Bonchev–Trinajstić information content (AvgIpc) is 2.75. The Hall–Kier alpha value is -2.95. The second-order valence-electron chi connectivity index (χ2n) is 7.09. The van der Waals surface area contributed by atoms with Crippen LogP contribution in [-0.2, 0) is 11.4 Å². The summed E-state index contributed by atoms with van der Waals surface area (Å²) >= 11 is 6.91. The zero-order chi connectivity index (χ0) is 23.3. The molecule has 0 saturated heterocycles. The number of nitrogens with zero attached hydrogens (tertiary/aromatic N) is 1. The molecule has 3 aromatic carbocycles. The lowest BCUT2D eigenvalue weighted by molar-refractivity contribution is -0.112. The van der Waals surface area contributed by atoms with Crippen LogP contribution in [0.5, 0.6) is 5.75 Å². The number of carbonyl (C=O) groups is 1. The van der Waals surface area contributed by atoms with Crippen molar-refractivity contribution in [3.63, 3.8) is 0 Å². The van der Waals surface area contributed by atoms with Gasteiger partial charge in [-0.05, 0) is 82.9 Å². The Morgan fingerprint density at radius 2 is 1.88 bits per heavy atom. The van der Waals surface area contributed by atoms with Crippen LogP contribution in [0.15, 0.2) is 69.1 Å². The van der Waals surface area contributed by atoms with Crippen LogP contribution in [0.1, 0.15) is 22.3 Å². The number of hydrogen-bond donors (Lipinski definition) is 1. The number of aryl methyl sites for hydroxylation is 1. The summed E-state index contributed by atoms with van der Waals surface area (Å²) in [5, 5.41) is 12.4. The van der Waals surface area contributed by atoms with E-state index in [2.05, 4.69) is 37.2 Å². The first-order valence-electron chi connectivity index (χ1n) is 9.64. The van der Waals surface area contributed by atoms with E-state index >= 15 is 0 Å². The third-order valence-corrected chi connectivity index (χ3v) is 5.90. The predicted octanol–water partition coefficient (Wildman–Crippen LogP) is 7.09. The lowest BCUT2D eigenvalue weighted by Crippen LogP contribution is -2.14. The molecule has 0 aliphatic carbocycles. The van der Waals surface area contributed by atoms with Gasteiger partial charge in [-0.15, -0.1) is 0 Å². The lowest BCUT2D eigenvalue weighted by atomic mass is 10.1. The van der Waals surface area contributed by atoms with Crippen LogP contribution in [0, 0.1) is 31.0 Å². The average molecular weight is 558 g/mol. The molecule has 162 valence electrons. The molecular formula is C25H19Br2FN2O2. The van der Waals surface area contributed by atoms with Gasteiger partial charge in [0.15, 0.2) is 0 Å². The van der Waals surface area contributed by atoms with Crippen LogP contribution in [0.4, 0.5) is 10.1 Å². The number of amides is 1. The number of carbonyl (C=O) groups excluding carboxylic acids is 1. The summed E-state index contributed by atoms with van der Waals surface area (Å²) in [4.78, 5) is 12.8. The normalized spacial score (nSPS) is 11.1. The Morgan fingerprint density at radius 1 is 1.16 bits per heavy atom. The highest BCUT2D eigenvalue weighted by atomic mass is 79.9. The van der Waals surface area contributed by atoms with E-state index in [0.717, 1.165) is 21.2 Å². The number of nitriles is 1. The molecule has 0 atom stereocenters. The molecule has 3 rings (SSSR count). The summed E-state index contributed by atoms with van der Waals surface area (Å²) in [6.07, 6.45) is 1.48. The standard InChI is InChI=1S/C25H19Br2FN2O2/c1-15-4-3-5-23(16(15)2)30-25(31)19(13-29)10-18-11-20(26)12-22(27)24(18)32-14-17-6-8-21(28)9-7-17/h3-12H,14H2,1-2H3,(H,30,31)/b19-10+. The molecular weight excluding hydrogens is 539 g/mol. The Bertz CT molecular complexity index is 1230. The predicted molar refractivity (Wildman–Crippen MR) is 131 cm³/mol. The number of anilines is 1. The molecule has 32 heavy (non-hydrogen) atoms. The Kier molecular flexibility index (Phi) is 7.84. The summed E-state index contributed by atoms with van der Waals surface area (Å²) < 4.78 is 20.5. The molecule has 0 radical (unpaired) electrons. The maximum absolute atomic E-state index is 13.2. The van der Waals surface area contributed by atoms with Gasteiger partial charge in [0, 0.05) is 15.7 Å². The molecule has 0 aliphatic rings. The molecule has 0 saturated carbocycles. The molecule has 0 unspecified atom stereocenters. The minimum Gasteiger partial charge on any atom is -0.487 e. The fourth-order valence-electron chi connectivity index (χ4n) is 2.96. The van der Waals surface area contributed by atoms with Crippen LogP contribution < -0.4 is 10.1 Å². The number of rotatable bonds is 6. The first-order valence-corrected chi connectivity index (χ1v) is 11.2. The van der Waals surface area contributed by atoms with E-state index in [1.165, 1.54) is 18.2 Å². The highest BCUT2D eigenvalue weighted by Gasteiger charge is 2.15. The molecule has 4 nitrogen and oxygen atoms in total. The van der Waals surface area contributed by atoms with Crippen molar-refractivity contribution in [2.45, 2.75) is 20.5 Å². The molecule has 7 heteroatoms. The number of halogens is 3. The highest BCUT2D eigenvalue weighted by Crippen LogP contribution is 2.35. The summed E-state index contributed by atoms with van der Waals surface area (Å²) in [5.41, 5.74) is 3.89. The molecule has 1 amide bonds. The van der Waals surface area contributed by atoms with E-state index in [9.17, 15) is 14.4 Å². The third-order valence-electron chi connectivity index (χ3n) is 4.85. The van der Waals surface area contributed by atoms with Gasteiger partial charge in [-0.3, -0.25) is 4.79 Å². The van der Waals surface area contributed by atoms with Gasteiger partial charge in [-0.25, -0.2) is 4.39 Å².